The number of carboxylic acid groups (broad SMARTS) is 1. The molecular weight excluding hydrogens is 262 g/mol. The van der Waals surface area contributed by atoms with Crippen molar-refractivity contribution < 1.29 is 19.6 Å². The van der Waals surface area contributed by atoms with E-state index in [9.17, 15) is 14.9 Å². The van der Waals surface area contributed by atoms with Crippen molar-refractivity contribution in [1.29, 1.82) is 0 Å². The quantitative estimate of drug-likeness (QED) is 0.660. The molecule has 18 heavy (non-hydrogen) atoms. The number of nitro groups is 1. The number of hydrogen-bond acceptors (Lipinski definition) is 4. The first kappa shape index (κ1) is 12.6. The van der Waals surface area contributed by atoms with Gasteiger partial charge in [-0.15, -0.1) is 0 Å². The third kappa shape index (κ3) is 1.88. The van der Waals surface area contributed by atoms with Crippen molar-refractivity contribution in [2.24, 2.45) is 0 Å². The molecule has 0 aromatic heterocycles. The van der Waals surface area contributed by atoms with E-state index in [1.807, 2.05) is 0 Å². The van der Waals surface area contributed by atoms with E-state index in [1.165, 1.54) is 0 Å². The molecule has 1 aliphatic heterocycles. The molecule has 0 bridgehead atoms. The summed E-state index contributed by atoms with van der Waals surface area (Å²) in [5, 5.41) is 19.9. The number of carbonyl (C=O) groups is 1. The molecule has 1 N–H and O–H groups in total. The molecule has 0 fully saturated rings. The second-order valence-electron chi connectivity index (χ2n) is 4.67. The lowest BCUT2D eigenvalue weighted by molar-refractivity contribution is -0.384. The van der Waals surface area contributed by atoms with Crippen LogP contribution < -0.4 is 4.74 Å². The van der Waals surface area contributed by atoms with Crippen LogP contribution in [0.5, 0.6) is 5.75 Å². The van der Waals surface area contributed by atoms with Gasteiger partial charge in [0.05, 0.1) is 4.92 Å². The summed E-state index contributed by atoms with van der Waals surface area (Å²) in [5.41, 5.74) is -0.875. The molecule has 0 aliphatic carbocycles. The summed E-state index contributed by atoms with van der Waals surface area (Å²) in [6.45, 7) is 3.53. The normalized spacial score (nSPS) is 15.9. The Labute approximate surface area is 107 Å². The fourth-order valence-corrected chi connectivity index (χ4v) is 2.26. The van der Waals surface area contributed by atoms with Crippen LogP contribution in [0.3, 0.4) is 0 Å². The lowest BCUT2D eigenvalue weighted by Crippen LogP contribution is -2.25. The number of nitro benzene ring substituents is 1. The first-order valence-corrected chi connectivity index (χ1v) is 5.53. The molecule has 0 saturated carbocycles. The topological polar surface area (TPSA) is 89.7 Å². The maximum atomic E-state index is 11.1. The summed E-state index contributed by atoms with van der Waals surface area (Å²) >= 11 is 5.94. The van der Waals surface area contributed by atoms with E-state index < -0.39 is 22.2 Å². The van der Waals surface area contributed by atoms with Crippen LogP contribution in [0.1, 0.15) is 29.8 Å². The fourth-order valence-electron chi connectivity index (χ4n) is 1.99. The van der Waals surface area contributed by atoms with E-state index in [-0.39, 0.29) is 16.3 Å². The third-order valence-electron chi connectivity index (χ3n) is 2.70. The Morgan fingerprint density at radius 3 is 2.72 bits per heavy atom. The van der Waals surface area contributed by atoms with Gasteiger partial charge in [0, 0.05) is 18.1 Å². The standard InChI is InChI=1S/C11H10ClNO5/c1-11(2)4-6-8(12)7(13(16)17)3-5(10(14)15)9(6)18-11/h3H,4H2,1-2H3,(H,14,15). The first-order chi connectivity index (χ1) is 8.23. The fraction of sp³-hybridized carbons (Fsp3) is 0.364. The zero-order valence-electron chi connectivity index (χ0n) is 9.69. The number of halogens is 1. The van der Waals surface area contributed by atoms with Crippen LogP contribution in [-0.2, 0) is 6.42 Å². The van der Waals surface area contributed by atoms with Gasteiger partial charge < -0.3 is 9.84 Å². The zero-order chi connectivity index (χ0) is 13.7. The van der Waals surface area contributed by atoms with Crippen LogP contribution in [0.2, 0.25) is 5.02 Å². The Morgan fingerprint density at radius 2 is 2.22 bits per heavy atom. The smallest absolute Gasteiger partial charge is 0.339 e. The van der Waals surface area contributed by atoms with Crippen LogP contribution in [0.15, 0.2) is 6.07 Å². The number of rotatable bonds is 2. The summed E-state index contributed by atoms with van der Waals surface area (Å²) in [5.74, 6) is -1.15. The largest absolute Gasteiger partial charge is 0.486 e. The Kier molecular flexibility index (Phi) is 2.70. The molecule has 7 heteroatoms. The number of aromatic carboxylic acids is 1. The molecule has 6 nitrogen and oxygen atoms in total. The first-order valence-electron chi connectivity index (χ1n) is 5.15. The maximum Gasteiger partial charge on any atom is 0.339 e. The highest BCUT2D eigenvalue weighted by molar-refractivity contribution is 6.34. The second-order valence-corrected chi connectivity index (χ2v) is 5.04. The van der Waals surface area contributed by atoms with E-state index in [0.717, 1.165) is 6.07 Å². The summed E-state index contributed by atoms with van der Waals surface area (Å²) in [6, 6.07) is 0.935. The molecule has 1 aromatic carbocycles. The highest BCUT2D eigenvalue weighted by Crippen LogP contribution is 2.45. The lowest BCUT2D eigenvalue weighted by Gasteiger charge is -2.17. The van der Waals surface area contributed by atoms with Gasteiger partial charge in [-0.2, -0.15) is 0 Å². The Balaban J connectivity index is 2.73. The molecule has 0 atom stereocenters. The van der Waals surface area contributed by atoms with Gasteiger partial charge >= 0.3 is 5.97 Å². The van der Waals surface area contributed by atoms with Gasteiger partial charge in [-0.3, -0.25) is 10.1 Å². The van der Waals surface area contributed by atoms with Crippen LogP contribution in [0, 0.1) is 10.1 Å². The van der Waals surface area contributed by atoms with Gasteiger partial charge in [-0.1, -0.05) is 11.6 Å². The number of ether oxygens (including phenoxy) is 1. The van der Waals surface area contributed by atoms with Crippen molar-refractivity contribution in [3.05, 3.63) is 32.3 Å². The average Bonchev–Trinajstić information content (AvgIpc) is 2.53. The van der Waals surface area contributed by atoms with E-state index >= 15 is 0 Å². The van der Waals surface area contributed by atoms with E-state index in [4.69, 9.17) is 21.4 Å². The van der Waals surface area contributed by atoms with Crippen molar-refractivity contribution in [3.8, 4) is 5.75 Å². The van der Waals surface area contributed by atoms with Gasteiger partial charge in [0.25, 0.3) is 5.69 Å². The summed E-state index contributed by atoms with van der Waals surface area (Å²) in [4.78, 5) is 21.3. The maximum absolute atomic E-state index is 11.1. The third-order valence-corrected chi connectivity index (χ3v) is 3.12. The summed E-state index contributed by atoms with van der Waals surface area (Å²) < 4.78 is 5.51. The number of fused-ring (bicyclic) bond motifs is 1. The molecule has 96 valence electrons. The predicted molar refractivity (Wildman–Crippen MR) is 63.5 cm³/mol. The monoisotopic (exact) mass is 271 g/mol. The molecule has 0 unspecified atom stereocenters. The molecule has 1 heterocycles. The minimum absolute atomic E-state index is 0.0504. The van der Waals surface area contributed by atoms with E-state index in [0.29, 0.717) is 12.0 Å². The lowest BCUT2D eigenvalue weighted by atomic mass is 9.99. The average molecular weight is 272 g/mol. The van der Waals surface area contributed by atoms with E-state index in [1.54, 1.807) is 13.8 Å². The second kappa shape index (κ2) is 3.84. The molecule has 1 aliphatic rings. The van der Waals surface area contributed by atoms with Gasteiger partial charge in [-0.05, 0) is 13.8 Å². The highest BCUT2D eigenvalue weighted by Gasteiger charge is 2.38. The molecule has 0 amide bonds. The Bertz CT molecular complexity index is 567. The molecular formula is C11H10ClNO5. The zero-order valence-corrected chi connectivity index (χ0v) is 10.4. The molecule has 1 aromatic rings. The van der Waals surface area contributed by atoms with Gasteiger partial charge in [0.1, 0.15) is 21.9 Å². The van der Waals surface area contributed by atoms with Crippen molar-refractivity contribution >= 4 is 23.3 Å². The molecule has 0 radical (unpaired) electrons. The summed E-state index contributed by atoms with van der Waals surface area (Å²) in [6.07, 6.45) is 0.336. The number of hydrogen-bond donors (Lipinski definition) is 1. The van der Waals surface area contributed by atoms with E-state index in [2.05, 4.69) is 0 Å². The van der Waals surface area contributed by atoms with Gasteiger partial charge in [0.15, 0.2) is 0 Å². The van der Waals surface area contributed by atoms with Gasteiger partial charge in [-0.25, -0.2) is 4.79 Å². The number of carboxylic acids is 1. The Morgan fingerprint density at radius 1 is 1.61 bits per heavy atom. The van der Waals surface area contributed by atoms with Crippen LogP contribution >= 0.6 is 11.6 Å². The highest BCUT2D eigenvalue weighted by atomic mass is 35.5. The number of benzene rings is 1. The summed E-state index contributed by atoms with van der Waals surface area (Å²) in [7, 11) is 0. The van der Waals surface area contributed by atoms with Crippen molar-refractivity contribution in [2.75, 3.05) is 0 Å². The SMILES string of the molecule is CC1(C)Cc2c(Cl)c([N+](=O)[O-])cc(C(=O)O)c2O1. The van der Waals surface area contributed by atoms with Crippen LogP contribution in [0.25, 0.3) is 0 Å². The van der Waals surface area contributed by atoms with Crippen molar-refractivity contribution in [3.63, 3.8) is 0 Å². The molecule has 0 spiro atoms. The van der Waals surface area contributed by atoms with Crippen LogP contribution in [-0.4, -0.2) is 21.6 Å². The van der Waals surface area contributed by atoms with Gasteiger partial charge in [0.2, 0.25) is 0 Å². The van der Waals surface area contributed by atoms with Crippen molar-refractivity contribution in [2.45, 2.75) is 25.9 Å². The number of nitrogens with zero attached hydrogens (tertiary/aromatic N) is 1. The molecule has 0 saturated heterocycles. The Hall–Kier alpha value is -1.82. The van der Waals surface area contributed by atoms with Crippen LogP contribution in [0.4, 0.5) is 5.69 Å². The molecule has 2 rings (SSSR count). The predicted octanol–water partition coefficient (Wildman–Crippen LogP) is 2.66. The minimum atomic E-state index is -1.27. The minimum Gasteiger partial charge on any atom is -0.486 e. The van der Waals surface area contributed by atoms with Crippen molar-refractivity contribution in [1.82, 2.24) is 0 Å².